The topological polar surface area (TPSA) is 126 Å². The fourth-order valence-electron chi connectivity index (χ4n) is 3.10. The van der Waals surface area contributed by atoms with Gasteiger partial charge in [0.2, 0.25) is 5.82 Å². The molecule has 0 unspecified atom stereocenters. The molecule has 1 saturated heterocycles. The van der Waals surface area contributed by atoms with Gasteiger partial charge in [-0.3, -0.25) is 19.9 Å². The monoisotopic (exact) mass is 432 g/mol. The number of hydrogen-bond donors (Lipinski definition) is 2. The Balaban J connectivity index is 0.00000320. The Morgan fingerprint density at radius 3 is 2.20 bits per heavy atom. The van der Waals surface area contributed by atoms with Crippen LogP contribution in [0.4, 0.5) is 0 Å². The number of benzene rings is 1. The average molecular weight is 433 g/mol. The highest BCUT2D eigenvalue weighted by Gasteiger charge is 2.24. The maximum absolute atomic E-state index is 12.7. The van der Waals surface area contributed by atoms with Crippen LogP contribution in [-0.2, 0) is 9.53 Å². The van der Waals surface area contributed by atoms with E-state index in [2.05, 4.69) is 19.6 Å². The summed E-state index contributed by atoms with van der Waals surface area (Å²) in [5, 5.41) is 7.43. The molecule has 0 saturated carbocycles. The Kier molecular flexibility index (Phi) is 8.25. The molecule has 160 valence electrons. The average Bonchev–Trinajstić information content (AvgIpc) is 2.77. The van der Waals surface area contributed by atoms with Crippen LogP contribution in [0.2, 0.25) is 0 Å². The van der Waals surface area contributed by atoms with Gasteiger partial charge in [0.15, 0.2) is 0 Å². The van der Waals surface area contributed by atoms with E-state index < -0.39 is 0 Å². The molecule has 2 aromatic rings. The second-order valence-corrected chi connectivity index (χ2v) is 6.75. The van der Waals surface area contributed by atoms with E-state index in [1.807, 2.05) is 12.1 Å². The van der Waals surface area contributed by atoms with Crippen molar-refractivity contribution in [2.75, 3.05) is 39.8 Å². The first kappa shape index (κ1) is 23.2. The zero-order chi connectivity index (χ0) is 20.8. The summed E-state index contributed by atoms with van der Waals surface area (Å²) in [6.07, 6.45) is 3.59. The molecule has 30 heavy (non-hydrogen) atoms. The van der Waals surface area contributed by atoms with Crippen LogP contribution in [-0.4, -0.2) is 77.3 Å². The summed E-state index contributed by atoms with van der Waals surface area (Å²) in [4.78, 5) is 36.2. The van der Waals surface area contributed by atoms with Gasteiger partial charge < -0.3 is 15.4 Å². The number of amides is 1. The van der Waals surface area contributed by atoms with E-state index in [4.69, 9.17) is 11.1 Å². The largest absolute Gasteiger partial charge is 0.469 e. The van der Waals surface area contributed by atoms with Crippen LogP contribution in [0.25, 0.3) is 11.1 Å². The molecule has 3 rings (SSSR count). The molecule has 1 aliphatic heterocycles. The predicted octanol–water partition coefficient (Wildman–Crippen LogP) is 1.17. The van der Waals surface area contributed by atoms with Gasteiger partial charge in [0.1, 0.15) is 5.84 Å². The lowest BCUT2D eigenvalue weighted by atomic mass is 10.1. The van der Waals surface area contributed by atoms with Gasteiger partial charge in [-0.05, 0) is 5.56 Å². The third-order valence-corrected chi connectivity index (χ3v) is 4.89. The lowest BCUT2D eigenvalue weighted by Gasteiger charge is -2.34. The van der Waals surface area contributed by atoms with E-state index in [0.717, 1.165) is 11.1 Å². The summed E-state index contributed by atoms with van der Waals surface area (Å²) in [6.45, 7) is 3.16. The van der Waals surface area contributed by atoms with Gasteiger partial charge in [0.25, 0.3) is 5.91 Å². The van der Waals surface area contributed by atoms with Crippen molar-refractivity contribution in [1.82, 2.24) is 19.8 Å². The number of nitrogens with one attached hydrogen (secondary N) is 1. The first-order valence-electron chi connectivity index (χ1n) is 9.33. The highest BCUT2D eigenvalue weighted by atomic mass is 35.5. The van der Waals surface area contributed by atoms with Crippen LogP contribution in [0.15, 0.2) is 36.7 Å². The molecule has 1 aromatic carbocycles. The third kappa shape index (κ3) is 5.74. The Morgan fingerprint density at radius 2 is 1.67 bits per heavy atom. The molecular weight excluding hydrogens is 408 g/mol. The van der Waals surface area contributed by atoms with E-state index in [9.17, 15) is 9.59 Å². The van der Waals surface area contributed by atoms with Crippen LogP contribution in [0, 0.1) is 5.41 Å². The first-order chi connectivity index (χ1) is 14.0. The molecule has 1 fully saturated rings. The standard InChI is InChI=1S/C20H24N6O3.ClH/c1-29-17(27)6-7-25-8-10-26(11-9-25)20(28)19-23-12-16(13-24-19)14-2-4-15(5-3-14)18(21)22;/h2-5,12-13H,6-11H2,1H3,(H3,21,22);1H. The number of carbonyl (C=O) groups is 2. The molecule has 1 aromatic heterocycles. The highest BCUT2D eigenvalue weighted by Crippen LogP contribution is 2.18. The number of esters is 1. The smallest absolute Gasteiger partial charge is 0.306 e. The lowest BCUT2D eigenvalue weighted by Crippen LogP contribution is -2.49. The van der Waals surface area contributed by atoms with E-state index in [1.54, 1.807) is 29.4 Å². The summed E-state index contributed by atoms with van der Waals surface area (Å²) in [5.74, 6) is -0.250. The zero-order valence-electron chi connectivity index (χ0n) is 16.7. The van der Waals surface area contributed by atoms with Crippen LogP contribution < -0.4 is 5.73 Å². The number of aromatic nitrogens is 2. The minimum atomic E-state index is -0.229. The Hall–Kier alpha value is -3.04. The number of rotatable bonds is 6. The molecule has 0 radical (unpaired) electrons. The van der Waals surface area contributed by atoms with Gasteiger partial charge in [-0.1, -0.05) is 24.3 Å². The highest BCUT2D eigenvalue weighted by molar-refractivity contribution is 5.95. The molecule has 0 bridgehead atoms. The van der Waals surface area contributed by atoms with Gasteiger partial charge in [-0.25, -0.2) is 9.97 Å². The summed E-state index contributed by atoms with van der Waals surface area (Å²) in [6, 6.07) is 7.20. The normalized spacial score (nSPS) is 14.0. The predicted molar refractivity (Wildman–Crippen MR) is 115 cm³/mol. The fraction of sp³-hybridized carbons (Fsp3) is 0.350. The summed E-state index contributed by atoms with van der Waals surface area (Å²) < 4.78 is 4.65. The number of piperazine rings is 1. The van der Waals surface area contributed by atoms with E-state index in [1.165, 1.54) is 7.11 Å². The Bertz CT molecular complexity index is 880. The zero-order valence-corrected chi connectivity index (χ0v) is 17.5. The minimum absolute atomic E-state index is 0. The van der Waals surface area contributed by atoms with Crippen LogP contribution in [0.3, 0.4) is 0 Å². The molecule has 3 N–H and O–H groups in total. The molecule has 0 spiro atoms. The minimum Gasteiger partial charge on any atom is -0.469 e. The van der Waals surface area contributed by atoms with Crippen LogP contribution >= 0.6 is 12.4 Å². The number of methoxy groups -OCH3 is 1. The number of hydrogen-bond acceptors (Lipinski definition) is 7. The maximum Gasteiger partial charge on any atom is 0.306 e. The van der Waals surface area contributed by atoms with E-state index >= 15 is 0 Å². The first-order valence-corrected chi connectivity index (χ1v) is 9.33. The van der Waals surface area contributed by atoms with E-state index in [-0.39, 0.29) is 35.9 Å². The number of nitrogen functional groups attached to an aromatic ring is 1. The maximum atomic E-state index is 12.7. The van der Waals surface area contributed by atoms with Crippen molar-refractivity contribution in [2.24, 2.45) is 5.73 Å². The van der Waals surface area contributed by atoms with Gasteiger partial charge in [-0.15, -0.1) is 12.4 Å². The second kappa shape index (κ2) is 10.7. The molecule has 0 aliphatic carbocycles. The third-order valence-electron chi connectivity index (χ3n) is 4.89. The van der Waals surface area contributed by atoms with Crippen LogP contribution in [0.5, 0.6) is 0 Å². The summed E-state index contributed by atoms with van der Waals surface area (Å²) in [7, 11) is 1.38. The van der Waals surface area contributed by atoms with Crippen molar-refractivity contribution >= 4 is 30.1 Å². The molecular formula is C20H25ClN6O3. The second-order valence-electron chi connectivity index (χ2n) is 6.75. The van der Waals surface area contributed by atoms with E-state index in [0.29, 0.717) is 44.7 Å². The van der Waals surface area contributed by atoms with Crippen molar-refractivity contribution in [3.8, 4) is 11.1 Å². The van der Waals surface area contributed by atoms with Crippen molar-refractivity contribution in [1.29, 1.82) is 5.41 Å². The Morgan fingerprint density at radius 1 is 1.07 bits per heavy atom. The molecule has 2 heterocycles. The number of amidine groups is 1. The van der Waals surface area contributed by atoms with Crippen molar-refractivity contribution < 1.29 is 14.3 Å². The molecule has 1 aliphatic rings. The lowest BCUT2D eigenvalue weighted by molar-refractivity contribution is -0.141. The molecule has 10 heteroatoms. The molecule has 1 amide bonds. The number of carbonyl (C=O) groups excluding carboxylic acids is 2. The molecule has 9 nitrogen and oxygen atoms in total. The Labute approximate surface area is 181 Å². The number of halogens is 1. The van der Waals surface area contributed by atoms with Crippen molar-refractivity contribution in [3.63, 3.8) is 0 Å². The van der Waals surface area contributed by atoms with Crippen molar-refractivity contribution in [2.45, 2.75) is 6.42 Å². The van der Waals surface area contributed by atoms with Crippen LogP contribution in [0.1, 0.15) is 22.6 Å². The molecule has 0 atom stereocenters. The van der Waals surface area contributed by atoms with Gasteiger partial charge >= 0.3 is 5.97 Å². The van der Waals surface area contributed by atoms with Crippen molar-refractivity contribution in [3.05, 3.63) is 48.0 Å². The fourth-order valence-corrected chi connectivity index (χ4v) is 3.10. The van der Waals surface area contributed by atoms with Gasteiger partial charge in [-0.2, -0.15) is 0 Å². The number of ether oxygens (including phenoxy) is 1. The SMILES string of the molecule is COC(=O)CCN1CCN(C(=O)c2ncc(-c3ccc(C(=N)N)cc3)cn2)CC1.Cl. The number of nitrogens with two attached hydrogens (primary N) is 1. The van der Waals surface area contributed by atoms with Gasteiger partial charge in [0.05, 0.1) is 13.5 Å². The quantitative estimate of drug-likeness (QED) is 0.398. The van der Waals surface area contributed by atoms with Gasteiger partial charge in [0, 0.05) is 56.2 Å². The summed E-state index contributed by atoms with van der Waals surface area (Å²) in [5.41, 5.74) is 7.77. The summed E-state index contributed by atoms with van der Waals surface area (Å²) >= 11 is 0. The number of nitrogens with zero attached hydrogens (tertiary/aromatic N) is 4.